The van der Waals surface area contributed by atoms with Crippen LogP contribution in [-0.2, 0) is 4.79 Å². The van der Waals surface area contributed by atoms with Gasteiger partial charge in [-0.25, -0.2) is 0 Å². The zero-order valence-corrected chi connectivity index (χ0v) is 18.2. The normalized spacial score (nSPS) is 15.3. The summed E-state index contributed by atoms with van der Waals surface area (Å²) in [6.07, 6.45) is 1.79. The maximum atomic E-state index is 12.7. The van der Waals surface area contributed by atoms with Crippen molar-refractivity contribution in [3.63, 3.8) is 0 Å². The average Bonchev–Trinajstić information content (AvgIpc) is 2.96. The number of aryl methyl sites for hydroxylation is 2. The van der Waals surface area contributed by atoms with Crippen molar-refractivity contribution in [1.82, 2.24) is 4.90 Å². The molecule has 2 amide bonds. The standard InChI is InChI=1S/C23H27N3O2S/c1-5-25(6-2)19-10-8-18(9-11-19)14-21-22(27)26(23(28)29-21)15-24-20-12-7-16(3)13-17(20)4/h7-14,24H,5-6,15H2,1-4H3/b21-14+. The number of imide groups is 1. The molecule has 29 heavy (non-hydrogen) atoms. The number of rotatable bonds is 7. The van der Waals surface area contributed by atoms with E-state index in [-0.39, 0.29) is 17.8 Å². The Morgan fingerprint density at radius 2 is 1.72 bits per heavy atom. The zero-order chi connectivity index (χ0) is 21.0. The lowest BCUT2D eigenvalue weighted by Gasteiger charge is -2.20. The van der Waals surface area contributed by atoms with Gasteiger partial charge in [-0.15, -0.1) is 0 Å². The summed E-state index contributed by atoms with van der Waals surface area (Å²) in [6.45, 7) is 10.3. The molecule has 0 atom stereocenters. The number of thioether (sulfide) groups is 1. The smallest absolute Gasteiger partial charge is 0.295 e. The number of anilines is 2. The van der Waals surface area contributed by atoms with E-state index in [9.17, 15) is 9.59 Å². The van der Waals surface area contributed by atoms with E-state index in [0.29, 0.717) is 4.91 Å². The Balaban J connectivity index is 1.69. The highest BCUT2D eigenvalue weighted by Gasteiger charge is 2.34. The van der Waals surface area contributed by atoms with Crippen LogP contribution >= 0.6 is 11.8 Å². The fourth-order valence-corrected chi connectivity index (χ4v) is 4.17. The molecule has 0 aliphatic carbocycles. The number of benzene rings is 2. The van der Waals surface area contributed by atoms with Crippen LogP contribution in [0.2, 0.25) is 0 Å². The highest BCUT2D eigenvalue weighted by molar-refractivity contribution is 8.18. The third kappa shape index (κ3) is 4.82. The van der Waals surface area contributed by atoms with Crippen molar-refractivity contribution < 1.29 is 9.59 Å². The number of carbonyl (C=O) groups excluding carboxylic acids is 2. The fraction of sp³-hybridized carbons (Fsp3) is 0.304. The Kier molecular flexibility index (Phi) is 6.64. The van der Waals surface area contributed by atoms with Crippen LogP contribution in [0.1, 0.15) is 30.5 Å². The van der Waals surface area contributed by atoms with Crippen molar-refractivity contribution >= 4 is 40.4 Å². The summed E-state index contributed by atoms with van der Waals surface area (Å²) in [4.78, 5) is 29.0. The number of hydrogen-bond acceptors (Lipinski definition) is 5. The molecule has 2 aromatic carbocycles. The van der Waals surface area contributed by atoms with Crippen LogP contribution in [0.3, 0.4) is 0 Å². The molecule has 0 aromatic heterocycles. The third-order valence-corrected chi connectivity index (χ3v) is 5.91. The molecule has 1 aliphatic heterocycles. The molecule has 0 unspecified atom stereocenters. The second-order valence-electron chi connectivity index (χ2n) is 7.03. The topological polar surface area (TPSA) is 52.7 Å². The van der Waals surface area contributed by atoms with Crippen LogP contribution in [-0.4, -0.2) is 35.8 Å². The van der Waals surface area contributed by atoms with Gasteiger partial charge in [-0.05, 0) is 74.9 Å². The molecule has 2 aromatic rings. The SMILES string of the molecule is CCN(CC)c1ccc(/C=C2/SC(=O)N(CNc3ccc(C)cc3C)C2=O)cc1. The first-order valence-electron chi connectivity index (χ1n) is 9.84. The third-order valence-electron chi connectivity index (χ3n) is 5.00. The largest absolute Gasteiger partial charge is 0.372 e. The maximum Gasteiger partial charge on any atom is 0.295 e. The van der Waals surface area contributed by atoms with Gasteiger partial charge in [0.05, 0.1) is 11.6 Å². The highest BCUT2D eigenvalue weighted by atomic mass is 32.2. The van der Waals surface area contributed by atoms with Crippen LogP contribution in [0.4, 0.5) is 16.2 Å². The van der Waals surface area contributed by atoms with Crippen molar-refractivity contribution in [3.8, 4) is 0 Å². The van der Waals surface area contributed by atoms with Gasteiger partial charge in [0.15, 0.2) is 0 Å². The zero-order valence-electron chi connectivity index (χ0n) is 17.4. The molecule has 0 saturated carbocycles. The summed E-state index contributed by atoms with van der Waals surface area (Å²) in [5, 5.41) is 2.95. The molecule has 0 spiro atoms. The first-order valence-corrected chi connectivity index (χ1v) is 10.7. The molecule has 0 bridgehead atoms. The Morgan fingerprint density at radius 1 is 1.03 bits per heavy atom. The van der Waals surface area contributed by atoms with E-state index in [1.807, 2.05) is 50.2 Å². The average molecular weight is 410 g/mol. The molecule has 152 valence electrons. The number of hydrogen-bond donors (Lipinski definition) is 1. The molecule has 1 saturated heterocycles. The number of nitrogens with zero attached hydrogens (tertiary/aromatic N) is 2. The molecule has 0 radical (unpaired) electrons. The number of carbonyl (C=O) groups is 2. The number of nitrogens with one attached hydrogen (secondary N) is 1. The van der Waals surface area contributed by atoms with Crippen LogP contribution in [0.25, 0.3) is 6.08 Å². The fourth-order valence-electron chi connectivity index (χ4n) is 3.33. The van der Waals surface area contributed by atoms with Crippen molar-refractivity contribution in [2.45, 2.75) is 27.7 Å². The van der Waals surface area contributed by atoms with Crippen LogP contribution in [0, 0.1) is 13.8 Å². The van der Waals surface area contributed by atoms with Gasteiger partial charge in [-0.2, -0.15) is 0 Å². The van der Waals surface area contributed by atoms with E-state index < -0.39 is 0 Å². The van der Waals surface area contributed by atoms with Crippen LogP contribution < -0.4 is 10.2 Å². The molecule has 3 rings (SSSR count). The minimum atomic E-state index is -0.259. The predicted octanol–water partition coefficient (Wildman–Crippen LogP) is 5.26. The summed E-state index contributed by atoms with van der Waals surface area (Å²) in [5.74, 6) is -0.259. The maximum absolute atomic E-state index is 12.7. The first kappa shape index (κ1) is 21.0. The molecule has 1 heterocycles. The van der Waals surface area contributed by atoms with Gasteiger partial charge in [0.25, 0.3) is 11.1 Å². The van der Waals surface area contributed by atoms with Crippen molar-refractivity contribution in [2.24, 2.45) is 0 Å². The van der Waals surface area contributed by atoms with Gasteiger partial charge in [-0.3, -0.25) is 14.5 Å². The second-order valence-corrected chi connectivity index (χ2v) is 8.02. The summed E-state index contributed by atoms with van der Waals surface area (Å²) in [7, 11) is 0. The quantitative estimate of drug-likeness (QED) is 0.633. The lowest BCUT2D eigenvalue weighted by molar-refractivity contribution is -0.122. The van der Waals surface area contributed by atoms with Gasteiger partial charge >= 0.3 is 0 Å². The molecular formula is C23H27N3O2S. The Hall–Kier alpha value is -2.73. The molecule has 1 aliphatic rings. The van der Waals surface area contributed by atoms with Gasteiger partial charge < -0.3 is 10.2 Å². The van der Waals surface area contributed by atoms with E-state index in [1.165, 1.54) is 10.5 Å². The highest BCUT2D eigenvalue weighted by Crippen LogP contribution is 2.32. The van der Waals surface area contributed by atoms with Gasteiger partial charge in [0.2, 0.25) is 0 Å². The Labute approximate surface area is 176 Å². The van der Waals surface area contributed by atoms with Gasteiger partial charge in [0, 0.05) is 24.5 Å². The summed E-state index contributed by atoms with van der Waals surface area (Å²) in [5.41, 5.74) is 5.24. The molecule has 5 nitrogen and oxygen atoms in total. The molecule has 6 heteroatoms. The number of amides is 2. The summed E-state index contributed by atoms with van der Waals surface area (Å²) in [6, 6.07) is 14.1. The van der Waals surface area contributed by atoms with Gasteiger partial charge in [0.1, 0.15) is 0 Å². The Morgan fingerprint density at radius 3 is 2.34 bits per heavy atom. The first-order chi connectivity index (χ1) is 13.9. The summed E-state index contributed by atoms with van der Waals surface area (Å²) >= 11 is 0.986. The summed E-state index contributed by atoms with van der Waals surface area (Å²) < 4.78 is 0. The van der Waals surface area contributed by atoms with Crippen molar-refractivity contribution in [1.29, 1.82) is 0 Å². The predicted molar refractivity (Wildman–Crippen MR) is 122 cm³/mol. The minimum Gasteiger partial charge on any atom is -0.372 e. The van der Waals surface area contributed by atoms with Crippen molar-refractivity contribution in [2.75, 3.05) is 30.0 Å². The second kappa shape index (κ2) is 9.18. The van der Waals surface area contributed by atoms with E-state index >= 15 is 0 Å². The molecule has 1 N–H and O–H groups in total. The Bertz CT molecular complexity index is 934. The van der Waals surface area contributed by atoms with E-state index in [0.717, 1.165) is 47.4 Å². The van der Waals surface area contributed by atoms with Crippen molar-refractivity contribution in [3.05, 3.63) is 64.1 Å². The minimum absolute atomic E-state index is 0.160. The lowest BCUT2D eigenvalue weighted by Crippen LogP contribution is -2.33. The van der Waals surface area contributed by atoms with Crippen LogP contribution in [0.15, 0.2) is 47.4 Å². The molecule has 1 fully saturated rings. The van der Waals surface area contributed by atoms with Crippen LogP contribution in [0.5, 0.6) is 0 Å². The lowest BCUT2D eigenvalue weighted by atomic mass is 10.1. The van der Waals surface area contributed by atoms with E-state index in [4.69, 9.17) is 0 Å². The van der Waals surface area contributed by atoms with Gasteiger partial charge in [-0.1, -0.05) is 29.8 Å². The van der Waals surface area contributed by atoms with E-state index in [2.05, 4.69) is 30.1 Å². The molecular weight excluding hydrogens is 382 g/mol. The monoisotopic (exact) mass is 409 g/mol. The van der Waals surface area contributed by atoms with E-state index in [1.54, 1.807) is 6.08 Å².